The van der Waals surface area contributed by atoms with Gasteiger partial charge in [0.1, 0.15) is 5.52 Å². The van der Waals surface area contributed by atoms with E-state index in [1.165, 1.54) is 18.4 Å². The number of fused-ring (bicyclic) bond motifs is 1. The molecule has 4 aromatic rings. The Morgan fingerprint density at radius 1 is 1.32 bits per heavy atom. The molecule has 0 spiro atoms. The lowest BCUT2D eigenvalue weighted by atomic mass is 9.99. The zero-order valence-electron chi connectivity index (χ0n) is 16.6. The molecular formula is C22H19FN4O3S. The number of ether oxygens (including phenoxy) is 1. The Morgan fingerprint density at radius 2 is 2.13 bits per heavy atom. The fourth-order valence-electron chi connectivity index (χ4n) is 4.05. The summed E-state index contributed by atoms with van der Waals surface area (Å²) in [7, 11) is 1.42. The molecule has 158 valence electrons. The molecule has 0 amide bonds. The number of nitrogens with two attached hydrogens (primary N) is 1. The van der Waals surface area contributed by atoms with Gasteiger partial charge in [0, 0.05) is 34.3 Å². The van der Waals surface area contributed by atoms with Crippen molar-refractivity contribution in [2.24, 2.45) is 5.73 Å². The number of thiophene rings is 1. The molecule has 5 rings (SSSR count). The highest BCUT2D eigenvalue weighted by atomic mass is 32.1. The summed E-state index contributed by atoms with van der Waals surface area (Å²) in [5.41, 5.74) is 7.96. The van der Waals surface area contributed by atoms with E-state index in [1.807, 2.05) is 17.5 Å². The third-order valence-electron chi connectivity index (χ3n) is 5.56. The fourth-order valence-corrected chi connectivity index (χ4v) is 5.00. The minimum Gasteiger partial charge on any atom is -0.494 e. The van der Waals surface area contributed by atoms with Crippen molar-refractivity contribution in [1.29, 1.82) is 0 Å². The Balaban J connectivity index is 1.87. The molecule has 1 aliphatic rings. The maximum Gasteiger partial charge on any atom is 0.333 e. The number of nitrogens with zero attached hydrogens (tertiary/aromatic N) is 2. The molecule has 0 aromatic carbocycles. The van der Waals surface area contributed by atoms with Crippen LogP contribution < -0.4 is 21.7 Å². The van der Waals surface area contributed by atoms with Crippen molar-refractivity contribution in [1.82, 2.24) is 14.4 Å². The summed E-state index contributed by atoms with van der Waals surface area (Å²) in [6, 6.07) is 5.57. The van der Waals surface area contributed by atoms with Gasteiger partial charge in [-0.3, -0.25) is 19.2 Å². The minimum atomic E-state index is -0.697. The smallest absolute Gasteiger partial charge is 0.333 e. The Bertz CT molecular complexity index is 1440. The monoisotopic (exact) mass is 438 g/mol. The van der Waals surface area contributed by atoms with E-state index in [4.69, 9.17) is 10.5 Å². The third-order valence-corrected chi connectivity index (χ3v) is 6.49. The molecule has 4 heterocycles. The van der Waals surface area contributed by atoms with Crippen LogP contribution in [0.15, 0.2) is 45.6 Å². The Hall–Kier alpha value is -3.30. The highest BCUT2D eigenvalue weighted by Crippen LogP contribution is 2.47. The van der Waals surface area contributed by atoms with Gasteiger partial charge in [0.05, 0.1) is 24.6 Å². The summed E-state index contributed by atoms with van der Waals surface area (Å²) in [4.78, 5) is 32.3. The van der Waals surface area contributed by atoms with Gasteiger partial charge >= 0.3 is 5.69 Å². The Labute approximate surface area is 180 Å². The largest absolute Gasteiger partial charge is 0.494 e. The average Bonchev–Trinajstić information content (AvgIpc) is 3.49. The quantitative estimate of drug-likeness (QED) is 0.498. The molecule has 9 heteroatoms. The standard InChI is InChI=1S/C22H19FN4O3S/c1-30-19-17(20-13(6-8-31-20)12-3-2-7-25-15(12)9-24)14(23)10-27-18(19)16(11-4-5-11)21(28)26-22(27)29/h2-3,6-8,10-11H,4-5,9,24H2,1H3,(H,26,28,29). The topological polar surface area (TPSA) is 102 Å². The zero-order valence-corrected chi connectivity index (χ0v) is 17.5. The molecule has 0 bridgehead atoms. The second-order valence-electron chi connectivity index (χ2n) is 7.42. The molecule has 0 aliphatic heterocycles. The molecule has 7 nitrogen and oxygen atoms in total. The second kappa shape index (κ2) is 7.44. The maximum absolute atomic E-state index is 15.5. The van der Waals surface area contributed by atoms with E-state index in [0.29, 0.717) is 21.7 Å². The molecule has 4 aromatic heterocycles. The number of H-pyrrole nitrogens is 1. The molecule has 0 radical (unpaired) electrons. The number of aromatic amines is 1. The highest BCUT2D eigenvalue weighted by molar-refractivity contribution is 7.14. The van der Waals surface area contributed by atoms with Crippen molar-refractivity contribution < 1.29 is 9.13 Å². The lowest BCUT2D eigenvalue weighted by molar-refractivity contribution is 0.415. The molecule has 31 heavy (non-hydrogen) atoms. The van der Waals surface area contributed by atoms with Crippen molar-refractivity contribution >= 4 is 16.9 Å². The van der Waals surface area contributed by atoms with Crippen molar-refractivity contribution in [2.75, 3.05) is 7.11 Å². The maximum atomic E-state index is 15.5. The Morgan fingerprint density at radius 3 is 2.84 bits per heavy atom. The van der Waals surface area contributed by atoms with Crippen LogP contribution in [0.1, 0.15) is 30.0 Å². The molecule has 3 N–H and O–H groups in total. The van der Waals surface area contributed by atoms with Gasteiger partial charge in [-0.15, -0.1) is 11.3 Å². The summed E-state index contributed by atoms with van der Waals surface area (Å²) in [6.45, 7) is 0.236. The predicted molar refractivity (Wildman–Crippen MR) is 117 cm³/mol. The molecule has 1 fully saturated rings. The first-order valence-electron chi connectivity index (χ1n) is 9.82. The second-order valence-corrected chi connectivity index (χ2v) is 8.33. The van der Waals surface area contributed by atoms with Crippen LogP contribution >= 0.6 is 11.3 Å². The van der Waals surface area contributed by atoms with E-state index < -0.39 is 17.1 Å². The van der Waals surface area contributed by atoms with Crippen LogP contribution in [0.5, 0.6) is 5.75 Å². The number of halogens is 1. The van der Waals surface area contributed by atoms with Crippen LogP contribution in [0.3, 0.4) is 0 Å². The molecule has 1 saturated carbocycles. The fraction of sp³-hybridized carbons (Fsp3) is 0.227. The minimum absolute atomic E-state index is 0.0246. The summed E-state index contributed by atoms with van der Waals surface area (Å²) >= 11 is 1.35. The van der Waals surface area contributed by atoms with Gasteiger partial charge in [0.25, 0.3) is 5.56 Å². The number of methoxy groups -OCH3 is 1. The van der Waals surface area contributed by atoms with Gasteiger partial charge in [-0.1, -0.05) is 6.07 Å². The Kier molecular flexibility index (Phi) is 4.71. The third kappa shape index (κ3) is 3.08. The molecule has 0 atom stereocenters. The van der Waals surface area contributed by atoms with Crippen molar-refractivity contribution in [2.45, 2.75) is 25.3 Å². The van der Waals surface area contributed by atoms with Gasteiger partial charge in [0.2, 0.25) is 0 Å². The van der Waals surface area contributed by atoms with Crippen LogP contribution in [0.2, 0.25) is 0 Å². The van der Waals surface area contributed by atoms with E-state index in [2.05, 4.69) is 9.97 Å². The van der Waals surface area contributed by atoms with E-state index in [-0.39, 0.29) is 23.8 Å². The highest BCUT2D eigenvalue weighted by Gasteiger charge is 2.33. The van der Waals surface area contributed by atoms with E-state index >= 15 is 4.39 Å². The van der Waals surface area contributed by atoms with E-state index in [0.717, 1.165) is 34.6 Å². The van der Waals surface area contributed by atoms with Crippen molar-refractivity contribution in [3.8, 4) is 27.3 Å². The number of aromatic nitrogens is 3. The van der Waals surface area contributed by atoms with Crippen molar-refractivity contribution in [3.05, 3.63) is 73.9 Å². The summed E-state index contributed by atoms with van der Waals surface area (Å²) in [6.07, 6.45) is 4.46. The summed E-state index contributed by atoms with van der Waals surface area (Å²) in [5.74, 6) is -0.425. The number of hydrogen-bond acceptors (Lipinski definition) is 6. The normalized spacial score (nSPS) is 13.6. The molecule has 0 unspecified atom stereocenters. The van der Waals surface area contributed by atoms with Gasteiger partial charge in [-0.05, 0) is 36.3 Å². The van der Waals surface area contributed by atoms with Crippen molar-refractivity contribution in [3.63, 3.8) is 0 Å². The number of hydrogen-bond donors (Lipinski definition) is 2. The SMILES string of the molecule is COc1c(-c2sccc2-c2cccnc2CN)c(F)cn2c(=O)[nH]c(=O)c(C3CC3)c12. The van der Waals surface area contributed by atoms with Gasteiger partial charge in [-0.25, -0.2) is 9.18 Å². The van der Waals surface area contributed by atoms with E-state index in [9.17, 15) is 9.59 Å². The molecule has 0 saturated heterocycles. The van der Waals surface area contributed by atoms with Crippen LogP contribution in [0, 0.1) is 5.82 Å². The summed E-state index contributed by atoms with van der Waals surface area (Å²) < 4.78 is 22.3. The molecular weight excluding hydrogens is 419 g/mol. The first kappa shape index (κ1) is 19.7. The van der Waals surface area contributed by atoms with E-state index in [1.54, 1.807) is 12.3 Å². The lowest BCUT2D eigenvalue weighted by Gasteiger charge is -2.16. The number of rotatable bonds is 5. The first-order valence-corrected chi connectivity index (χ1v) is 10.7. The lowest BCUT2D eigenvalue weighted by Crippen LogP contribution is -2.29. The molecule has 1 aliphatic carbocycles. The van der Waals surface area contributed by atoms with Crippen LogP contribution in [0.25, 0.3) is 27.1 Å². The van der Waals surface area contributed by atoms with Gasteiger partial charge in [0.15, 0.2) is 11.6 Å². The average molecular weight is 438 g/mol. The van der Waals surface area contributed by atoms with Gasteiger partial charge in [-0.2, -0.15) is 0 Å². The van der Waals surface area contributed by atoms with Crippen LogP contribution in [0.4, 0.5) is 4.39 Å². The van der Waals surface area contributed by atoms with Gasteiger partial charge < -0.3 is 10.5 Å². The number of nitrogens with one attached hydrogen (secondary N) is 1. The van der Waals surface area contributed by atoms with Crippen LogP contribution in [-0.4, -0.2) is 21.5 Å². The number of pyridine rings is 2. The summed E-state index contributed by atoms with van der Waals surface area (Å²) in [5, 5.41) is 1.85. The first-order chi connectivity index (χ1) is 15.0. The van der Waals surface area contributed by atoms with Crippen LogP contribution in [-0.2, 0) is 6.54 Å². The zero-order chi connectivity index (χ0) is 21.7. The predicted octanol–water partition coefficient (Wildman–Crippen LogP) is 3.26.